The maximum Gasteiger partial charge on any atom is 0.122 e. The van der Waals surface area contributed by atoms with E-state index in [0.717, 1.165) is 24.9 Å². The SMILES string of the molecule is CN(Cc1ccoc1CNC(C)(C)C)C1CCSC1. The van der Waals surface area contributed by atoms with Crippen molar-refractivity contribution >= 4 is 11.8 Å². The van der Waals surface area contributed by atoms with Crippen molar-refractivity contribution < 1.29 is 4.42 Å². The van der Waals surface area contributed by atoms with Gasteiger partial charge in [0, 0.05) is 29.4 Å². The summed E-state index contributed by atoms with van der Waals surface area (Å²) in [5, 5.41) is 3.49. The Morgan fingerprint density at radius 1 is 1.47 bits per heavy atom. The monoisotopic (exact) mass is 282 g/mol. The molecule has 3 nitrogen and oxygen atoms in total. The van der Waals surface area contributed by atoms with Gasteiger partial charge in [-0.25, -0.2) is 0 Å². The fraction of sp³-hybridized carbons (Fsp3) is 0.733. The Kier molecular flexibility index (Phi) is 4.98. The van der Waals surface area contributed by atoms with Crippen LogP contribution in [0, 0.1) is 0 Å². The van der Waals surface area contributed by atoms with Crippen molar-refractivity contribution in [2.24, 2.45) is 0 Å². The van der Waals surface area contributed by atoms with Gasteiger partial charge in [0.15, 0.2) is 0 Å². The van der Waals surface area contributed by atoms with Gasteiger partial charge < -0.3 is 9.73 Å². The molecular formula is C15H26N2OS. The summed E-state index contributed by atoms with van der Waals surface area (Å²) in [5.41, 5.74) is 1.44. The van der Waals surface area contributed by atoms with Crippen LogP contribution < -0.4 is 5.32 Å². The van der Waals surface area contributed by atoms with Gasteiger partial charge in [-0.05, 0) is 46.1 Å². The number of nitrogens with zero attached hydrogens (tertiary/aromatic N) is 1. The van der Waals surface area contributed by atoms with Crippen molar-refractivity contribution in [1.29, 1.82) is 0 Å². The van der Waals surface area contributed by atoms with Crippen molar-refractivity contribution in [3.63, 3.8) is 0 Å². The highest BCUT2D eigenvalue weighted by atomic mass is 32.2. The third-order valence-electron chi connectivity index (χ3n) is 3.57. The maximum atomic E-state index is 5.63. The minimum Gasteiger partial charge on any atom is -0.468 e. The van der Waals surface area contributed by atoms with Gasteiger partial charge in [-0.15, -0.1) is 0 Å². The molecule has 0 radical (unpaired) electrons. The first-order valence-electron chi connectivity index (χ1n) is 7.04. The number of rotatable bonds is 5. The van der Waals surface area contributed by atoms with Crippen LogP contribution in [0.2, 0.25) is 0 Å². The fourth-order valence-corrected chi connectivity index (χ4v) is 3.57. The molecule has 0 amide bonds. The first kappa shape index (κ1) is 14.9. The van der Waals surface area contributed by atoms with Gasteiger partial charge >= 0.3 is 0 Å². The number of hydrogen-bond donors (Lipinski definition) is 1. The molecule has 1 aromatic rings. The topological polar surface area (TPSA) is 28.4 Å². The normalized spacial score (nSPS) is 20.4. The Labute approximate surface area is 121 Å². The van der Waals surface area contributed by atoms with Crippen LogP contribution in [-0.2, 0) is 13.1 Å². The molecular weight excluding hydrogens is 256 g/mol. The van der Waals surface area contributed by atoms with Crippen LogP contribution in [0.15, 0.2) is 16.7 Å². The molecule has 0 spiro atoms. The van der Waals surface area contributed by atoms with E-state index in [0.29, 0.717) is 0 Å². The second-order valence-electron chi connectivity index (χ2n) is 6.41. The lowest BCUT2D eigenvalue weighted by Gasteiger charge is -2.24. The molecule has 2 heterocycles. The number of hydrogen-bond acceptors (Lipinski definition) is 4. The summed E-state index contributed by atoms with van der Waals surface area (Å²) in [5.74, 6) is 3.65. The standard InChI is InChI=1S/C15H26N2OS/c1-15(2,3)16-9-14-12(5-7-18-14)10-17(4)13-6-8-19-11-13/h5,7,13,16H,6,8-11H2,1-4H3. The van der Waals surface area contributed by atoms with Crippen molar-refractivity contribution in [2.45, 2.75) is 51.9 Å². The van der Waals surface area contributed by atoms with E-state index in [1.807, 2.05) is 6.26 Å². The summed E-state index contributed by atoms with van der Waals surface area (Å²) in [4.78, 5) is 2.46. The van der Waals surface area contributed by atoms with Crippen LogP contribution in [0.25, 0.3) is 0 Å². The smallest absolute Gasteiger partial charge is 0.122 e. The highest BCUT2D eigenvalue weighted by Crippen LogP contribution is 2.23. The van der Waals surface area contributed by atoms with Gasteiger partial charge in [0.2, 0.25) is 0 Å². The van der Waals surface area contributed by atoms with Gasteiger partial charge in [-0.3, -0.25) is 4.90 Å². The molecule has 19 heavy (non-hydrogen) atoms. The first-order valence-corrected chi connectivity index (χ1v) is 8.19. The predicted molar refractivity (Wildman–Crippen MR) is 82.5 cm³/mol. The molecule has 4 heteroatoms. The van der Waals surface area contributed by atoms with E-state index in [1.54, 1.807) is 0 Å². The van der Waals surface area contributed by atoms with Crippen LogP contribution in [0.5, 0.6) is 0 Å². The zero-order valence-corrected chi connectivity index (χ0v) is 13.3. The number of nitrogens with one attached hydrogen (secondary N) is 1. The minimum absolute atomic E-state index is 0.123. The minimum atomic E-state index is 0.123. The van der Waals surface area contributed by atoms with E-state index in [9.17, 15) is 0 Å². The third-order valence-corrected chi connectivity index (χ3v) is 4.71. The number of thioether (sulfide) groups is 1. The molecule has 0 bridgehead atoms. The van der Waals surface area contributed by atoms with Gasteiger partial charge in [-0.2, -0.15) is 11.8 Å². The average molecular weight is 282 g/mol. The molecule has 1 unspecified atom stereocenters. The Hall–Kier alpha value is -0.450. The molecule has 0 saturated carbocycles. The molecule has 1 saturated heterocycles. The highest BCUT2D eigenvalue weighted by molar-refractivity contribution is 7.99. The molecule has 1 aliphatic rings. The second-order valence-corrected chi connectivity index (χ2v) is 7.55. The van der Waals surface area contributed by atoms with Gasteiger partial charge in [0.05, 0.1) is 12.8 Å². The largest absolute Gasteiger partial charge is 0.468 e. The number of furan rings is 1. The molecule has 1 fully saturated rings. The fourth-order valence-electron chi connectivity index (χ4n) is 2.28. The Balaban J connectivity index is 1.91. The average Bonchev–Trinajstić information content (AvgIpc) is 2.96. The molecule has 0 aliphatic carbocycles. The summed E-state index contributed by atoms with van der Waals surface area (Å²) < 4.78 is 5.63. The summed E-state index contributed by atoms with van der Waals surface area (Å²) in [6.45, 7) is 8.33. The van der Waals surface area contributed by atoms with Gasteiger partial charge in [0.25, 0.3) is 0 Å². The lowest BCUT2D eigenvalue weighted by atomic mass is 10.1. The maximum absolute atomic E-state index is 5.63. The zero-order valence-electron chi connectivity index (χ0n) is 12.5. The molecule has 1 atom stereocenters. The summed E-state index contributed by atoms with van der Waals surface area (Å²) >= 11 is 2.06. The summed E-state index contributed by atoms with van der Waals surface area (Å²) in [6, 6.07) is 2.83. The van der Waals surface area contributed by atoms with E-state index in [1.165, 1.54) is 23.5 Å². The molecule has 2 rings (SSSR count). The Morgan fingerprint density at radius 2 is 2.26 bits per heavy atom. The molecule has 1 aromatic heterocycles. The van der Waals surface area contributed by atoms with Crippen LogP contribution in [0.1, 0.15) is 38.5 Å². The van der Waals surface area contributed by atoms with E-state index < -0.39 is 0 Å². The lowest BCUT2D eigenvalue weighted by Crippen LogP contribution is -2.35. The second kappa shape index (κ2) is 6.33. The van der Waals surface area contributed by atoms with Crippen molar-refractivity contribution in [3.05, 3.63) is 23.7 Å². The highest BCUT2D eigenvalue weighted by Gasteiger charge is 2.21. The zero-order chi connectivity index (χ0) is 13.9. The van der Waals surface area contributed by atoms with Crippen LogP contribution in [-0.4, -0.2) is 35.0 Å². The van der Waals surface area contributed by atoms with Crippen molar-refractivity contribution in [3.8, 4) is 0 Å². The van der Waals surface area contributed by atoms with Crippen molar-refractivity contribution in [2.75, 3.05) is 18.6 Å². The van der Waals surface area contributed by atoms with Crippen LogP contribution in [0.4, 0.5) is 0 Å². The quantitative estimate of drug-likeness (QED) is 0.898. The van der Waals surface area contributed by atoms with Crippen LogP contribution >= 0.6 is 11.8 Å². The summed E-state index contributed by atoms with van der Waals surface area (Å²) in [6.07, 6.45) is 3.13. The Morgan fingerprint density at radius 3 is 2.89 bits per heavy atom. The molecule has 1 aliphatic heterocycles. The lowest BCUT2D eigenvalue weighted by molar-refractivity contribution is 0.251. The van der Waals surface area contributed by atoms with E-state index in [-0.39, 0.29) is 5.54 Å². The molecule has 1 N–H and O–H groups in total. The predicted octanol–water partition coefficient (Wildman–Crippen LogP) is 3.11. The van der Waals surface area contributed by atoms with Gasteiger partial charge in [0.1, 0.15) is 5.76 Å². The molecule has 108 valence electrons. The van der Waals surface area contributed by atoms with Crippen molar-refractivity contribution in [1.82, 2.24) is 10.2 Å². The van der Waals surface area contributed by atoms with E-state index >= 15 is 0 Å². The molecule has 0 aromatic carbocycles. The van der Waals surface area contributed by atoms with E-state index in [2.05, 4.69) is 55.9 Å². The first-order chi connectivity index (χ1) is 8.96. The van der Waals surface area contributed by atoms with Gasteiger partial charge in [-0.1, -0.05) is 0 Å². The Bertz CT molecular complexity index is 391. The summed E-state index contributed by atoms with van der Waals surface area (Å²) in [7, 11) is 2.23. The third kappa shape index (κ3) is 4.55. The van der Waals surface area contributed by atoms with E-state index in [4.69, 9.17) is 4.42 Å². The van der Waals surface area contributed by atoms with Crippen LogP contribution in [0.3, 0.4) is 0 Å².